The topological polar surface area (TPSA) is 43.4 Å². The summed E-state index contributed by atoms with van der Waals surface area (Å²) in [4.78, 5) is 23.0. The maximum atomic E-state index is 11.5. The van der Waals surface area contributed by atoms with Crippen LogP contribution >= 0.6 is 0 Å². The van der Waals surface area contributed by atoms with Gasteiger partial charge < -0.3 is 47.0 Å². The van der Waals surface area contributed by atoms with Gasteiger partial charge in [0.05, 0.1) is 0 Å². The number of allylic oxidation sites excluding steroid dienone is 2. The van der Waals surface area contributed by atoms with E-state index in [0.29, 0.717) is 16.7 Å². The number of hydrogen-bond acceptors (Lipinski definition) is 3. The molecule has 1 aliphatic carbocycles. The summed E-state index contributed by atoms with van der Waals surface area (Å²) >= 11 is 0. The third kappa shape index (κ3) is 14.9. The van der Waals surface area contributed by atoms with E-state index in [9.17, 15) is 9.59 Å². The molecule has 0 aromatic heterocycles. The standard InChI is InChI=1S/C11H8O2.2C2H3.4CH3.OSi2.Pt/c1-7-6-10(12)8-4-2-3-5-9(8)11(7)13;2*1-2;;;;;2-1-3;/h2-6H,1H3;2*1H,2H2;4*1H3;;/q;6*-1;;. The summed E-state index contributed by atoms with van der Waals surface area (Å²) in [7, 11) is 5.19. The summed E-state index contributed by atoms with van der Waals surface area (Å²) in [6.07, 6.45) is 1.39. The summed E-state index contributed by atoms with van der Waals surface area (Å²) in [5, 5.41) is 0. The first-order valence-electron chi connectivity index (χ1n) is 5.29. The predicted molar refractivity (Wildman–Crippen MR) is 107 cm³/mol. The SMILES string of the molecule is CC1=CC(=O)c2ccccc2C1=O.[CH-]=C.[CH-]=C.[CH3-].[CH3-].[CH3-].[CH3-].[Pt].[Si]O[Si]. The fraction of sp³-hybridized carbons (Fsp3) is 0.0526. The van der Waals surface area contributed by atoms with E-state index in [0.717, 1.165) is 0 Å². The van der Waals surface area contributed by atoms with Gasteiger partial charge in [-0.05, 0) is 13.0 Å². The number of carbonyl (C=O) groups is 2. The van der Waals surface area contributed by atoms with E-state index in [-0.39, 0.29) is 62.3 Å². The molecule has 0 bridgehead atoms. The van der Waals surface area contributed by atoms with Crippen LogP contribution in [-0.4, -0.2) is 32.5 Å². The Kier molecular flexibility index (Phi) is 48.6. The Morgan fingerprint density at radius 1 is 0.880 bits per heavy atom. The fourth-order valence-corrected chi connectivity index (χ4v) is 1.45. The first-order chi connectivity index (χ1) is 9.61. The van der Waals surface area contributed by atoms with Crippen molar-refractivity contribution in [2.45, 2.75) is 6.92 Å². The summed E-state index contributed by atoms with van der Waals surface area (Å²) in [5.74, 6) is -0.122. The van der Waals surface area contributed by atoms with Crippen LogP contribution in [0.5, 0.6) is 0 Å². The van der Waals surface area contributed by atoms with Crippen molar-refractivity contribution < 1.29 is 34.8 Å². The largest absolute Gasteiger partial charge is 0.521 e. The molecule has 0 fully saturated rings. The van der Waals surface area contributed by atoms with Gasteiger partial charge in [-0.2, -0.15) is 0 Å². The Morgan fingerprint density at radius 2 is 1.20 bits per heavy atom. The molecule has 1 aromatic carbocycles. The fourth-order valence-electron chi connectivity index (χ4n) is 1.45. The van der Waals surface area contributed by atoms with Crippen molar-refractivity contribution >= 4 is 32.5 Å². The molecule has 2 rings (SSSR count). The van der Waals surface area contributed by atoms with Crippen LogP contribution in [-0.2, 0) is 25.2 Å². The number of hydrogen-bond donors (Lipinski definition) is 0. The molecule has 0 amide bonds. The molecule has 1 aliphatic rings. The first kappa shape index (κ1) is 43.9. The second-order valence-electron chi connectivity index (χ2n) is 3.17. The number of benzene rings is 1. The summed E-state index contributed by atoms with van der Waals surface area (Å²) < 4.78 is 3.86. The number of rotatable bonds is 0. The maximum absolute atomic E-state index is 11.5. The van der Waals surface area contributed by atoms with Crippen molar-refractivity contribution in [3.63, 3.8) is 0 Å². The number of ketones is 2. The summed E-state index contributed by atoms with van der Waals surface area (Å²) in [6, 6.07) is 6.89. The molecule has 0 unspecified atom stereocenters. The molecule has 6 heteroatoms. The Morgan fingerprint density at radius 3 is 1.56 bits per heavy atom. The zero-order chi connectivity index (χ0) is 16.1. The molecule has 0 N–H and O–H groups in total. The predicted octanol–water partition coefficient (Wildman–Crippen LogP) is 4.19. The average molecular weight is 554 g/mol. The minimum absolute atomic E-state index is 0. The van der Waals surface area contributed by atoms with Crippen LogP contribution in [0, 0.1) is 42.9 Å². The average Bonchev–Trinajstić information content (AvgIpc) is 2.50. The second-order valence-corrected chi connectivity index (χ2v) is 3.98. The molecule has 144 valence electrons. The minimum atomic E-state index is -0.0762. The van der Waals surface area contributed by atoms with E-state index in [1.54, 1.807) is 31.2 Å². The van der Waals surface area contributed by atoms with Crippen LogP contribution in [0.3, 0.4) is 0 Å². The van der Waals surface area contributed by atoms with Crippen molar-refractivity contribution in [3.05, 3.63) is 103 Å². The quantitative estimate of drug-likeness (QED) is 0.358. The van der Waals surface area contributed by atoms with E-state index >= 15 is 0 Å². The zero-order valence-corrected chi connectivity index (χ0v) is 19.8. The van der Waals surface area contributed by atoms with E-state index in [1.165, 1.54) is 6.08 Å². The van der Waals surface area contributed by atoms with Gasteiger partial charge in [0.2, 0.25) is 21.0 Å². The second kappa shape index (κ2) is 27.7. The van der Waals surface area contributed by atoms with Gasteiger partial charge in [-0.15, -0.1) is 0 Å². The molecule has 0 aliphatic heterocycles. The van der Waals surface area contributed by atoms with Gasteiger partial charge in [-0.25, -0.2) is 0 Å². The smallest absolute Gasteiger partial charge is 0.229 e. The van der Waals surface area contributed by atoms with Gasteiger partial charge in [-0.1, -0.05) is 24.3 Å². The Balaban J connectivity index is -0.0000000484. The van der Waals surface area contributed by atoms with Gasteiger partial charge >= 0.3 is 0 Å². The van der Waals surface area contributed by atoms with Crippen molar-refractivity contribution in [3.8, 4) is 0 Å². The summed E-state index contributed by atoms with van der Waals surface area (Å²) in [5.41, 5.74) is 1.55. The van der Waals surface area contributed by atoms with E-state index < -0.39 is 0 Å². The Bertz CT molecular complexity index is 487. The summed E-state index contributed by atoms with van der Waals surface area (Å²) in [6.45, 7) is 15.7. The Hall–Kier alpha value is -1.14. The molecule has 3 nitrogen and oxygen atoms in total. The molecule has 25 heavy (non-hydrogen) atoms. The van der Waals surface area contributed by atoms with E-state index in [1.807, 2.05) is 0 Å². The molecule has 0 heterocycles. The van der Waals surface area contributed by atoms with Crippen LogP contribution in [0.1, 0.15) is 27.6 Å². The zero-order valence-electron chi connectivity index (χ0n) is 15.5. The van der Waals surface area contributed by atoms with Gasteiger partial charge in [0.1, 0.15) is 0 Å². The van der Waals surface area contributed by atoms with Crippen LogP contribution < -0.4 is 0 Å². The molecular weight excluding hydrogens is 527 g/mol. The molecule has 0 spiro atoms. The normalized spacial score (nSPS) is 9.00. The molecular formula is C19H26O3PtSi2-6. The van der Waals surface area contributed by atoms with Crippen molar-refractivity contribution in [2.75, 3.05) is 0 Å². The van der Waals surface area contributed by atoms with Crippen molar-refractivity contribution in [1.82, 2.24) is 0 Å². The van der Waals surface area contributed by atoms with Gasteiger partial charge in [0.15, 0.2) is 11.6 Å². The molecule has 0 saturated heterocycles. The van der Waals surface area contributed by atoms with Gasteiger partial charge in [0.25, 0.3) is 0 Å². The van der Waals surface area contributed by atoms with Crippen LogP contribution in [0.2, 0.25) is 0 Å². The molecule has 6 radical (unpaired) electrons. The van der Waals surface area contributed by atoms with Crippen LogP contribution in [0.25, 0.3) is 0 Å². The molecule has 0 atom stereocenters. The van der Waals surface area contributed by atoms with Crippen molar-refractivity contribution in [2.24, 2.45) is 0 Å². The molecule has 1 aromatic rings. The maximum Gasteiger partial charge on any atom is 0.229 e. The Labute approximate surface area is 177 Å². The van der Waals surface area contributed by atoms with Crippen LogP contribution in [0.15, 0.2) is 49.1 Å². The van der Waals surface area contributed by atoms with Crippen LogP contribution in [0.4, 0.5) is 0 Å². The van der Waals surface area contributed by atoms with Crippen molar-refractivity contribution in [1.29, 1.82) is 0 Å². The van der Waals surface area contributed by atoms with Gasteiger partial charge in [0, 0.05) is 37.8 Å². The number of fused-ring (bicyclic) bond motifs is 1. The van der Waals surface area contributed by atoms with E-state index in [2.05, 4.69) is 51.4 Å². The minimum Gasteiger partial charge on any atom is -0.521 e. The third-order valence-electron chi connectivity index (χ3n) is 2.14. The molecule has 0 saturated carbocycles. The number of Topliss-reactive ketones (excluding diaryl/α,β-unsaturated/α-hetero) is 1. The number of carbonyl (C=O) groups excluding carboxylic acids is 2. The van der Waals surface area contributed by atoms with Gasteiger partial charge in [-0.3, -0.25) is 22.7 Å². The third-order valence-corrected chi connectivity index (χ3v) is 2.14. The first-order valence-corrected chi connectivity index (χ1v) is 6.10. The monoisotopic (exact) mass is 553 g/mol. The van der Waals surface area contributed by atoms with E-state index in [4.69, 9.17) is 0 Å².